The summed E-state index contributed by atoms with van der Waals surface area (Å²) in [6.07, 6.45) is -0.233. The van der Waals surface area contributed by atoms with Crippen molar-refractivity contribution in [2.24, 2.45) is 5.73 Å². The summed E-state index contributed by atoms with van der Waals surface area (Å²) >= 11 is 4.58. The third kappa shape index (κ3) is 2.14. The minimum absolute atomic E-state index is 0.0887. The molecule has 0 radical (unpaired) electrons. The summed E-state index contributed by atoms with van der Waals surface area (Å²) in [5, 5.41) is 14.3. The summed E-state index contributed by atoms with van der Waals surface area (Å²) in [7, 11) is 0. The summed E-state index contributed by atoms with van der Waals surface area (Å²) in [6.45, 7) is 0. The van der Waals surface area contributed by atoms with Gasteiger partial charge in [-0.25, -0.2) is 5.10 Å². The quantitative estimate of drug-likeness (QED) is 0.587. The summed E-state index contributed by atoms with van der Waals surface area (Å²) in [5.74, 6) is -0.894. The van der Waals surface area contributed by atoms with Gasteiger partial charge in [-0.1, -0.05) is 0 Å². The largest absolute Gasteiger partial charge is 0.481 e. The molecule has 1 aromatic rings. The van der Waals surface area contributed by atoms with Crippen molar-refractivity contribution in [3.63, 3.8) is 0 Å². The van der Waals surface area contributed by atoms with Crippen LogP contribution in [-0.4, -0.2) is 21.3 Å². The number of nitrogens with two attached hydrogens (primary N) is 1. The average molecular weight is 189 g/mol. The van der Waals surface area contributed by atoms with Gasteiger partial charge in [-0.2, -0.15) is 0 Å². The first-order valence-corrected chi connectivity index (χ1v) is 3.53. The fraction of sp³-hybridized carbons (Fsp3) is 0.400. The van der Waals surface area contributed by atoms with Gasteiger partial charge in [0.25, 0.3) is 4.84 Å². The van der Waals surface area contributed by atoms with Crippen molar-refractivity contribution in [1.82, 2.24) is 10.2 Å². The number of aromatic amines is 1. The third-order valence-corrected chi connectivity index (χ3v) is 1.34. The lowest BCUT2D eigenvalue weighted by Gasteiger charge is -2.00. The molecule has 4 N–H and O–H groups in total. The highest BCUT2D eigenvalue weighted by Gasteiger charge is 2.15. The molecule has 0 fully saturated rings. The highest BCUT2D eigenvalue weighted by atomic mass is 32.1. The molecular formula is C5H7N3O3S. The van der Waals surface area contributed by atoms with Crippen LogP contribution < -0.4 is 5.73 Å². The van der Waals surface area contributed by atoms with E-state index in [1.807, 2.05) is 0 Å². The Balaban J connectivity index is 2.71. The predicted molar refractivity (Wildman–Crippen MR) is 40.9 cm³/mol. The van der Waals surface area contributed by atoms with Crippen molar-refractivity contribution < 1.29 is 14.3 Å². The van der Waals surface area contributed by atoms with Crippen LogP contribution in [0.2, 0.25) is 0 Å². The van der Waals surface area contributed by atoms with Gasteiger partial charge >= 0.3 is 5.97 Å². The van der Waals surface area contributed by atoms with Crippen LogP contribution in [0.25, 0.3) is 0 Å². The van der Waals surface area contributed by atoms with E-state index in [2.05, 4.69) is 22.4 Å². The van der Waals surface area contributed by atoms with Gasteiger partial charge in [0.05, 0.1) is 12.5 Å². The normalized spacial score (nSPS) is 12.8. The van der Waals surface area contributed by atoms with Crippen molar-refractivity contribution in [2.75, 3.05) is 0 Å². The monoisotopic (exact) mass is 189 g/mol. The molecule has 0 aromatic carbocycles. The van der Waals surface area contributed by atoms with Crippen molar-refractivity contribution >= 4 is 18.2 Å². The van der Waals surface area contributed by atoms with E-state index in [-0.39, 0.29) is 17.1 Å². The van der Waals surface area contributed by atoms with E-state index in [9.17, 15) is 4.79 Å². The number of H-pyrrole nitrogens is 1. The van der Waals surface area contributed by atoms with Gasteiger partial charge < -0.3 is 15.3 Å². The second-order valence-corrected chi connectivity index (χ2v) is 2.53. The number of aromatic nitrogens is 2. The Hall–Kier alpha value is -1.21. The molecule has 7 heteroatoms. The lowest BCUT2D eigenvalue weighted by molar-refractivity contribution is -0.137. The molecule has 0 bridgehead atoms. The number of aliphatic carboxylic acids is 1. The number of hydrogen-bond acceptors (Lipinski definition) is 5. The van der Waals surface area contributed by atoms with E-state index < -0.39 is 12.0 Å². The van der Waals surface area contributed by atoms with Crippen LogP contribution in [-0.2, 0) is 4.79 Å². The fourth-order valence-electron chi connectivity index (χ4n) is 0.675. The van der Waals surface area contributed by atoms with Crippen molar-refractivity contribution in [3.8, 4) is 0 Å². The van der Waals surface area contributed by atoms with Gasteiger partial charge in [0.15, 0.2) is 0 Å². The zero-order chi connectivity index (χ0) is 9.14. The SMILES string of the molecule is NC(CC(=O)O)c1n[nH]c(=S)o1. The predicted octanol–water partition coefficient (Wildman–Crippen LogP) is 0.207. The van der Waals surface area contributed by atoms with E-state index in [1.54, 1.807) is 0 Å². The number of rotatable bonds is 3. The summed E-state index contributed by atoms with van der Waals surface area (Å²) < 4.78 is 4.81. The number of nitrogens with zero attached hydrogens (tertiary/aromatic N) is 1. The molecule has 0 aliphatic rings. The molecule has 1 aromatic heterocycles. The zero-order valence-electron chi connectivity index (χ0n) is 5.98. The molecule has 1 unspecified atom stereocenters. The standard InChI is InChI=1S/C5H7N3O3S/c6-2(1-3(9)10)4-7-8-5(12)11-4/h2H,1,6H2,(H,8,12)(H,9,10). The first kappa shape index (κ1) is 8.88. The second-order valence-electron chi connectivity index (χ2n) is 2.16. The van der Waals surface area contributed by atoms with Gasteiger partial charge in [-0.3, -0.25) is 4.79 Å². The first-order chi connectivity index (χ1) is 5.59. The molecule has 0 saturated heterocycles. The number of hydrogen-bond donors (Lipinski definition) is 3. The maximum absolute atomic E-state index is 10.2. The summed E-state index contributed by atoms with van der Waals surface area (Å²) in [6, 6.07) is -0.754. The number of carboxylic acids is 1. The molecule has 1 atom stereocenters. The van der Waals surface area contributed by atoms with E-state index in [0.29, 0.717) is 0 Å². The Morgan fingerprint density at radius 1 is 1.92 bits per heavy atom. The number of nitrogens with one attached hydrogen (secondary N) is 1. The smallest absolute Gasteiger partial charge is 0.305 e. The first-order valence-electron chi connectivity index (χ1n) is 3.12. The van der Waals surface area contributed by atoms with E-state index >= 15 is 0 Å². The Morgan fingerprint density at radius 2 is 2.58 bits per heavy atom. The topological polar surface area (TPSA) is 105 Å². The molecular weight excluding hydrogens is 182 g/mol. The maximum Gasteiger partial charge on any atom is 0.305 e. The number of carboxylic acid groups (broad SMARTS) is 1. The van der Waals surface area contributed by atoms with E-state index in [1.165, 1.54) is 0 Å². The van der Waals surface area contributed by atoms with Crippen LogP contribution >= 0.6 is 12.2 Å². The van der Waals surface area contributed by atoms with Gasteiger partial charge in [0.1, 0.15) is 0 Å². The van der Waals surface area contributed by atoms with Gasteiger partial charge in [0, 0.05) is 0 Å². The number of carbonyl (C=O) groups is 1. The molecule has 0 amide bonds. The molecule has 1 rings (SSSR count). The highest BCUT2D eigenvalue weighted by molar-refractivity contribution is 7.71. The van der Waals surface area contributed by atoms with Crippen molar-refractivity contribution in [2.45, 2.75) is 12.5 Å². The second kappa shape index (κ2) is 3.46. The minimum atomic E-state index is -1.01. The highest BCUT2D eigenvalue weighted by Crippen LogP contribution is 2.09. The third-order valence-electron chi connectivity index (χ3n) is 1.17. The van der Waals surface area contributed by atoms with Crippen LogP contribution in [0.15, 0.2) is 4.42 Å². The van der Waals surface area contributed by atoms with E-state index in [4.69, 9.17) is 15.3 Å². The molecule has 0 aliphatic carbocycles. The Bertz CT molecular complexity index is 331. The van der Waals surface area contributed by atoms with Crippen LogP contribution in [0.5, 0.6) is 0 Å². The molecule has 66 valence electrons. The molecule has 12 heavy (non-hydrogen) atoms. The molecule has 0 saturated carbocycles. The Morgan fingerprint density at radius 3 is 3.00 bits per heavy atom. The van der Waals surface area contributed by atoms with Gasteiger partial charge in [-0.15, -0.1) is 5.10 Å². The van der Waals surface area contributed by atoms with Crippen LogP contribution in [0.3, 0.4) is 0 Å². The van der Waals surface area contributed by atoms with E-state index in [0.717, 1.165) is 0 Å². The fourth-order valence-corrected chi connectivity index (χ4v) is 0.806. The van der Waals surface area contributed by atoms with Crippen LogP contribution in [0.4, 0.5) is 0 Å². The molecule has 0 spiro atoms. The lowest BCUT2D eigenvalue weighted by Crippen LogP contribution is -2.15. The molecule has 6 nitrogen and oxygen atoms in total. The maximum atomic E-state index is 10.2. The lowest BCUT2D eigenvalue weighted by atomic mass is 10.2. The zero-order valence-corrected chi connectivity index (χ0v) is 6.80. The molecule has 0 aliphatic heterocycles. The average Bonchev–Trinajstić information content (AvgIpc) is 2.34. The Labute approximate surface area is 72.4 Å². The van der Waals surface area contributed by atoms with Gasteiger partial charge in [0.2, 0.25) is 5.89 Å². The molecule has 1 heterocycles. The van der Waals surface area contributed by atoms with Crippen molar-refractivity contribution in [3.05, 3.63) is 10.7 Å². The Kier molecular flexibility index (Phi) is 2.56. The van der Waals surface area contributed by atoms with Crippen LogP contribution in [0, 0.1) is 4.84 Å². The summed E-state index contributed by atoms with van der Waals surface area (Å²) in [4.78, 5) is 10.3. The summed E-state index contributed by atoms with van der Waals surface area (Å²) in [5.41, 5.74) is 5.41. The van der Waals surface area contributed by atoms with Crippen molar-refractivity contribution in [1.29, 1.82) is 0 Å². The van der Waals surface area contributed by atoms with Crippen LogP contribution in [0.1, 0.15) is 18.4 Å². The minimum Gasteiger partial charge on any atom is -0.481 e. The van der Waals surface area contributed by atoms with Gasteiger partial charge in [-0.05, 0) is 12.2 Å².